The van der Waals surface area contributed by atoms with Crippen molar-refractivity contribution in [3.8, 4) is 6.07 Å². The second-order valence-corrected chi connectivity index (χ2v) is 3.16. The zero-order valence-electron chi connectivity index (χ0n) is 8.13. The van der Waals surface area contributed by atoms with Gasteiger partial charge in [-0.15, -0.1) is 0 Å². The molecule has 1 rings (SSSR count). The number of benzene rings is 1. The molecule has 0 aromatic heterocycles. The molecule has 0 heterocycles. The van der Waals surface area contributed by atoms with E-state index in [9.17, 15) is 4.39 Å². The highest BCUT2D eigenvalue weighted by molar-refractivity contribution is 5.16. The van der Waals surface area contributed by atoms with Crippen LogP contribution in [0.5, 0.6) is 0 Å². The quantitative estimate of drug-likeness (QED) is 0.727. The standard InChI is InChI=1S/C11H12FN2/c1-14(8-4-7-13)9-10-5-2-3-6-11(10)12/h3,5-6H,4,8-9H2,1H3. The van der Waals surface area contributed by atoms with Gasteiger partial charge in [-0.1, -0.05) is 6.07 Å². The van der Waals surface area contributed by atoms with Crippen LogP contribution in [-0.2, 0) is 6.54 Å². The summed E-state index contributed by atoms with van der Waals surface area (Å²) >= 11 is 0. The SMILES string of the molecule is CN(CCC#N)Cc1c[c]ccc1F. The Morgan fingerprint density at radius 1 is 1.64 bits per heavy atom. The van der Waals surface area contributed by atoms with E-state index < -0.39 is 0 Å². The monoisotopic (exact) mass is 191 g/mol. The lowest BCUT2D eigenvalue weighted by Crippen LogP contribution is -2.19. The highest BCUT2D eigenvalue weighted by Crippen LogP contribution is 2.08. The number of hydrogen-bond acceptors (Lipinski definition) is 2. The predicted molar refractivity (Wildman–Crippen MR) is 51.8 cm³/mol. The summed E-state index contributed by atoms with van der Waals surface area (Å²) in [6.07, 6.45) is 0.467. The maximum atomic E-state index is 13.2. The number of nitriles is 1. The van der Waals surface area contributed by atoms with Crippen molar-refractivity contribution in [2.45, 2.75) is 13.0 Å². The third-order valence-corrected chi connectivity index (χ3v) is 1.94. The van der Waals surface area contributed by atoms with Gasteiger partial charge in [0.15, 0.2) is 0 Å². The summed E-state index contributed by atoms with van der Waals surface area (Å²) in [6, 6.07) is 9.47. The summed E-state index contributed by atoms with van der Waals surface area (Å²) in [5.74, 6) is -0.215. The van der Waals surface area contributed by atoms with E-state index in [1.165, 1.54) is 6.07 Å². The van der Waals surface area contributed by atoms with Gasteiger partial charge in [-0.2, -0.15) is 5.26 Å². The van der Waals surface area contributed by atoms with E-state index in [0.29, 0.717) is 25.1 Å². The summed E-state index contributed by atoms with van der Waals surface area (Å²) in [6.45, 7) is 1.18. The van der Waals surface area contributed by atoms with Gasteiger partial charge < -0.3 is 4.90 Å². The molecule has 0 atom stereocenters. The van der Waals surface area contributed by atoms with E-state index in [4.69, 9.17) is 5.26 Å². The van der Waals surface area contributed by atoms with Crippen LogP contribution in [0.15, 0.2) is 18.2 Å². The number of nitrogens with zero attached hydrogens (tertiary/aromatic N) is 2. The molecule has 0 aliphatic carbocycles. The normalized spacial score (nSPS) is 10.1. The molecule has 73 valence electrons. The molecule has 0 N–H and O–H groups in total. The van der Waals surface area contributed by atoms with Crippen LogP contribution < -0.4 is 0 Å². The molecular weight excluding hydrogens is 179 g/mol. The van der Waals surface area contributed by atoms with Crippen molar-refractivity contribution in [1.29, 1.82) is 5.26 Å². The first-order chi connectivity index (χ1) is 6.74. The molecule has 0 saturated heterocycles. The minimum atomic E-state index is -0.215. The first-order valence-electron chi connectivity index (χ1n) is 4.44. The van der Waals surface area contributed by atoms with E-state index in [2.05, 4.69) is 12.1 Å². The fourth-order valence-electron chi connectivity index (χ4n) is 1.18. The van der Waals surface area contributed by atoms with Gasteiger partial charge in [-0.3, -0.25) is 0 Å². The Balaban J connectivity index is 2.52. The van der Waals surface area contributed by atoms with Gasteiger partial charge in [0.1, 0.15) is 5.82 Å². The molecule has 14 heavy (non-hydrogen) atoms. The maximum absolute atomic E-state index is 13.2. The van der Waals surface area contributed by atoms with Gasteiger partial charge in [0.25, 0.3) is 0 Å². The van der Waals surface area contributed by atoms with Crippen molar-refractivity contribution in [2.24, 2.45) is 0 Å². The largest absolute Gasteiger partial charge is 0.301 e. The first-order valence-corrected chi connectivity index (χ1v) is 4.44. The fraction of sp³-hybridized carbons (Fsp3) is 0.364. The lowest BCUT2D eigenvalue weighted by atomic mass is 10.2. The second kappa shape index (κ2) is 5.36. The van der Waals surface area contributed by atoms with Crippen LogP contribution in [0.3, 0.4) is 0 Å². The van der Waals surface area contributed by atoms with Crippen molar-refractivity contribution in [3.63, 3.8) is 0 Å². The van der Waals surface area contributed by atoms with Crippen LogP contribution in [0.4, 0.5) is 4.39 Å². The zero-order valence-corrected chi connectivity index (χ0v) is 8.13. The summed E-state index contributed by atoms with van der Waals surface area (Å²) in [5.41, 5.74) is 0.618. The van der Waals surface area contributed by atoms with Crippen LogP contribution in [0.1, 0.15) is 12.0 Å². The van der Waals surface area contributed by atoms with Crippen LogP contribution >= 0.6 is 0 Å². The number of halogens is 1. The average molecular weight is 191 g/mol. The first kappa shape index (κ1) is 10.7. The van der Waals surface area contributed by atoms with Crippen molar-refractivity contribution in [1.82, 2.24) is 4.90 Å². The molecule has 0 fully saturated rings. The van der Waals surface area contributed by atoms with Crippen LogP contribution in [0.2, 0.25) is 0 Å². The van der Waals surface area contributed by atoms with Crippen molar-refractivity contribution >= 4 is 0 Å². The molecule has 0 spiro atoms. The molecule has 1 aromatic carbocycles. The number of hydrogen-bond donors (Lipinski definition) is 0. The molecular formula is C11H12FN2. The second-order valence-electron chi connectivity index (χ2n) is 3.16. The van der Waals surface area contributed by atoms with Crippen LogP contribution in [0.25, 0.3) is 0 Å². The van der Waals surface area contributed by atoms with Crippen molar-refractivity contribution in [2.75, 3.05) is 13.6 Å². The molecule has 0 amide bonds. The van der Waals surface area contributed by atoms with Crippen molar-refractivity contribution in [3.05, 3.63) is 35.6 Å². The Bertz CT molecular complexity index is 330. The molecule has 1 radical (unpaired) electrons. The summed E-state index contributed by atoms with van der Waals surface area (Å²) in [4.78, 5) is 1.91. The van der Waals surface area contributed by atoms with E-state index >= 15 is 0 Å². The minimum absolute atomic E-state index is 0.215. The highest BCUT2D eigenvalue weighted by Gasteiger charge is 2.03. The molecule has 0 aliphatic rings. The van der Waals surface area contributed by atoms with Gasteiger partial charge in [0, 0.05) is 25.1 Å². The Morgan fingerprint density at radius 2 is 2.43 bits per heavy atom. The molecule has 1 aromatic rings. The van der Waals surface area contributed by atoms with Gasteiger partial charge in [0.05, 0.1) is 6.07 Å². The fourth-order valence-corrected chi connectivity index (χ4v) is 1.18. The van der Waals surface area contributed by atoms with Crippen molar-refractivity contribution < 1.29 is 4.39 Å². The Morgan fingerprint density at radius 3 is 3.07 bits per heavy atom. The predicted octanol–water partition coefficient (Wildman–Crippen LogP) is 1.97. The average Bonchev–Trinajstić information content (AvgIpc) is 2.18. The van der Waals surface area contributed by atoms with Gasteiger partial charge in [-0.25, -0.2) is 4.39 Å². The molecule has 3 heteroatoms. The highest BCUT2D eigenvalue weighted by atomic mass is 19.1. The molecule has 0 bridgehead atoms. The summed E-state index contributed by atoms with van der Waals surface area (Å²) in [7, 11) is 1.86. The minimum Gasteiger partial charge on any atom is -0.301 e. The van der Waals surface area contributed by atoms with Crippen LogP contribution in [-0.4, -0.2) is 18.5 Å². The smallest absolute Gasteiger partial charge is 0.127 e. The van der Waals surface area contributed by atoms with Gasteiger partial charge in [-0.05, 0) is 25.2 Å². The lowest BCUT2D eigenvalue weighted by Gasteiger charge is -2.14. The van der Waals surface area contributed by atoms with E-state index in [-0.39, 0.29) is 5.82 Å². The van der Waals surface area contributed by atoms with Crippen LogP contribution in [0, 0.1) is 23.2 Å². The zero-order chi connectivity index (χ0) is 10.4. The Kier molecular flexibility index (Phi) is 4.09. The summed E-state index contributed by atoms with van der Waals surface area (Å²) in [5, 5.41) is 8.38. The van der Waals surface area contributed by atoms with Gasteiger partial charge >= 0.3 is 0 Å². The Labute approximate surface area is 83.6 Å². The molecule has 0 unspecified atom stereocenters. The number of rotatable bonds is 4. The topological polar surface area (TPSA) is 27.0 Å². The third-order valence-electron chi connectivity index (χ3n) is 1.94. The Hall–Kier alpha value is -1.40. The van der Waals surface area contributed by atoms with E-state index in [1.807, 2.05) is 11.9 Å². The lowest BCUT2D eigenvalue weighted by molar-refractivity contribution is 0.329. The van der Waals surface area contributed by atoms with Gasteiger partial charge in [0.2, 0.25) is 0 Å². The molecule has 2 nitrogen and oxygen atoms in total. The molecule has 0 aliphatic heterocycles. The van der Waals surface area contributed by atoms with E-state index in [1.54, 1.807) is 12.1 Å². The summed E-state index contributed by atoms with van der Waals surface area (Å²) < 4.78 is 13.2. The van der Waals surface area contributed by atoms with E-state index in [0.717, 1.165) is 0 Å². The third kappa shape index (κ3) is 3.15. The molecule has 0 saturated carbocycles. The maximum Gasteiger partial charge on any atom is 0.127 e.